The summed E-state index contributed by atoms with van der Waals surface area (Å²) in [7, 11) is 0. The Morgan fingerprint density at radius 1 is 1.17 bits per heavy atom. The average Bonchev–Trinajstić information content (AvgIpc) is 3.23. The number of likely N-dealkylation sites (tertiary alicyclic amines) is 1. The maximum atomic E-state index is 12.2. The summed E-state index contributed by atoms with van der Waals surface area (Å²) in [5, 5.41) is 8.98. The van der Waals surface area contributed by atoms with Crippen LogP contribution in [-0.2, 0) is 16.0 Å². The van der Waals surface area contributed by atoms with Gasteiger partial charge in [-0.3, -0.25) is 9.59 Å². The number of benzene rings is 1. The molecule has 2 aromatic rings. The lowest BCUT2D eigenvalue weighted by molar-refractivity contribution is -0.141. The van der Waals surface area contributed by atoms with Gasteiger partial charge in [0.15, 0.2) is 0 Å². The molecule has 0 bridgehead atoms. The smallest absolute Gasteiger partial charge is 0.308 e. The van der Waals surface area contributed by atoms with Crippen LogP contribution in [0.25, 0.3) is 11.3 Å². The van der Waals surface area contributed by atoms with E-state index in [2.05, 4.69) is 0 Å². The van der Waals surface area contributed by atoms with Gasteiger partial charge in [0.05, 0.1) is 5.92 Å². The molecule has 1 aromatic heterocycles. The molecule has 0 aliphatic carbocycles. The summed E-state index contributed by atoms with van der Waals surface area (Å²) in [5.74, 6) is 0.309. The second kappa shape index (κ2) is 6.69. The van der Waals surface area contributed by atoms with Gasteiger partial charge < -0.3 is 14.4 Å². The first-order valence-electron chi connectivity index (χ1n) is 7.78. The number of rotatable bonds is 5. The van der Waals surface area contributed by atoms with Gasteiger partial charge in [-0.2, -0.15) is 0 Å². The zero-order chi connectivity index (χ0) is 16.2. The van der Waals surface area contributed by atoms with E-state index in [1.54, 1.807) is 4.90 Å². The molecule has 1 fully saturated rings. The fraction of sp³-hybridized carbons (Fsp3) is 0.333. The van der Waals surface area contributed by atoms with Gasteiger partial charge in [-0.05, 0) is 18.6 Å². The van der Waals surface area contributed by atoms with Crippen LogP contribution in [0.4, 0.5) is 0 Å². The van der Waals surface area contributed by atoms with Crippen molar-refractivity contribution in [2.24, 2.45) is 5.92 Å². The quantitative estimate of drug-likeness (QED) is 0.921. The summed E-state index contributed by atoms with van der Waals surface area (Å²) in [5.41, 5.74) is 1.01. The molecule has 120 valence electrons. The van der Waals surface area contributed by atoms with E-state index in [9.17, 15) is 9.59 Å². The molecule has 1 aliphatic heterocycles. The molecule has 3 rings (SSSR count). The molecular weight excluding hydrogens is 294 g/mol. The Kier molecular flexibility index (Phi) is 4.46. The molecular formula is C18H19NO4. The van der Waals surface area contributed by atoms with Gasteiger partial charge in [-0.15, -0.1) is 0 Å². The van der Waals surface area contributed by atoms with Crippen LogP contribution in [0.3, 0.4) is 0 Å². The molecule has 1 saturated heterocycles. The first-order chi connectivity index (χ1) is 11.1. The van der Waals surface area contributed by atoms with Crippen molar-refractivity contribution >= 4 is 11.9 Å². The van der Waals surface area contributed by atoms with Crippen LogP contribution in [0.1, 0.15) is 18.6 Å². The summed E-state index contributed by atoms with van der Waals surface area (Å²) in [6.07, 6.45) is 1.41. The summed E-state index contributed by atoms with van der Waals surface area (Å²) >= 11 is 0. The summed E-state index contributed by atoms with van der Waals surface area (Å²) in [4.78, 5) is 24.7. The summed E-state index contributed by atoms with van der Waals surface area (Å²) in [6.45, 7) is 0.852. The van der Waals surface area contributed by atoms with Crippen LogP contribution < -0.4 is 0 Å². The Labute approximate surface area is 134 Å². The SMILES string of the molecule is O=C(O)C1CCN(C(=O)CCc2ccc(-c3ccccc3)o2)C1. The Bertz CT molecular complexity index is 692. The van der Waals surface area contributed by atoms with E-state index in [-0.39, 0.29) is 5.91 Å². The number of hydrogen-bond acceptors (Lipinski definition) is 3. The highest BCUT2D eigenvalue weighted by Gasteiger charge is 2.30. The molecule has 5 nitrogen and oxygen atoms in total. The second-order valence-electron chi connectivity index (χ2n) is 5.80. The largest absolute Gasteiger partial charge is 0.481 e. The van der Waals surface area contributed by atoms with Crippen molar-refractivity contribution in [3.8, 4) is 11.3 Å². The van der Waals surface area contributed by atoms with Crippen molar-refractivity contribution < 1.29 is 19.1 Å². The number of nitrogens with zero attached hydrogens (tertiary/aromatic N) is 1. The van der Waals surface area contributed by atoms with Gasteiger partial charge in [0, 0.05) is 31.5 Å². The maximum absolute atomic E-state index is 12.2. The minimum atomic E-state index is -0.821. The Morgan fingerprint density at radius 2 is 1.96 bits per heavy atom. The van der Waals surface area contributed by atoms with Gasteiger partial charge in [0.25, 0.3) is 0 Å². The van der Waals surface area contributed by atoms with E-state index in [0.717, 1.165) is 17.1 Å². The van der Waals surface area contributed by atoms with Crippen molar-refractivity contribution in [3.63, 3.8) is 0 Å². The van der Waals surface area contributed by atoms with Gasteiger partial charge in [0.2, 0.25) is 5.91 Å². The third kappa shape index (κ3) is 3.62. The van der Waals surface area contributed by atoms with E-state index in [1.165, 1.54) is 0 Å². The van der Waals surface area contributed by atoms with Gasteiger partial charge in [-0.1, -0.05) is 30.3 Å². The number of amides is 1. The average molecular weight is 313 g/mol. The number of aliphatic carboxylic acids is 1. The van der Waals surface area contributed by atoms with Crippen LogP contribution in [0.5, 0.6) is 0 Å². The minimum absolute atomic E-state index is 0.00795. The molecule has 5 heteroatoms. The molecule has 1 N–H and O–H groups in total. The van der Waals surface area contributed by atoms with Crippen LogP contribution >= 0.6 is 0 Å². The van der Waals surface area contributed by atoms with Gasteiger partial charge in [-0.25, -0.2) is 0 Å². The van der Waals surface area contributed by atoms with Gasteiger partial charge in [0.1, 0.15) is 11.5 Å². The third-order valence-corrected chi connectivity index (χ3v) is 4.20. The molecule has 0 spiro atoms. The predicted octanol–water partition coefficient (Wildman–Crippen LogP) is 2.81. The van der Waals surface area contributed by atoms with E-state index < -0.39 is 11.9 Å². The van der Waals surface area contributed by atoms with E-state index in [4.69, 9.17) is 9.52 Å². The topological polar surface area (TPSA) is 70.8 Å². The fourth-order valence-corrected chi connectivity index (χ4v) is 2.85. The lowest BCUT2D eigenvalue weighted by Gasteiger charge is -2.15. The number of furan rings is 1. The molecule has 0 saturated carbocycles. The summed E-state index contributed by atoms with van der Waals surface area (Å²) < 4.78 is 5.78. The molecule has 2 heterocycles. The zero-order valence-corrected chi connectivity index (χ0v) is 12.8. The monoisotopic (exact) mass is 313 g/mol. The number of carbonyl (C=O) groups is 2. The molecule has 23 heavy (non-hydrogen) atoms. The van der Waals surface area contributed by atoms with Crippen LogP contribution in [-0.4, -0.2) is 35.0 Å². The Hall–Kier alpha value is -2.56. The van der Waals surface area contributed by atoms with Crippen molar-refractivity contribution in [1.82, 2.24) is 4.90 Å². The van der Waals surface area contributed by atoms with Crippen LogP contribution in [0.15, 0.2) is 46.9 Å². The Morgan fingerprint density at radius 3 is 2.65 bits per heavy atom. The standard InChI is InChI=1S/C18H19NO4/c20-17(19-11-10-14(12-19)18(21)22)9-7-15-6-8-16(23-15)13-4-2-1-3-5-13/h1-6,8,14H,7,9-12H2,(H,21,22). The van der Waals surface area contributed by atoms with E-state index in [0.29, 0.717) is 32.4 Å². The third-order valence-electron chi connectivity index (χ3n) is 4.20. The highest BCUT2D eigenvalue weighted by atomic mass is 16.4. The van der Waals surface area contributed by atoms with Crippen LogP contribution in [0.2, 0.25) is 0 Å². The fourth-order valence-electron chi connectivity index (χ4n) is 2.85. The van der Waals surface area contributed by atoms with Crippen molar-refractivity contribution in [2.75, 3.05) is 13.1 Å². The lowest BCUT2D eigenvalue weighted by Crippen LogP contribution is -2.30. The maximum Gasteiger partial charge on any atom is 0.308 e. The molecule has 1 aliphatic rings. The Balaban J connectivity index is 1.54. The van der Waals surface area contributed by atoms with Crippen LogP contribution in [0, 0.1) is 5.92 Å². The van der Waals surface area contributed by atoms with E-state index in [1.807, 2.05) is 42.5 Å². The number of carboxylic acid groups (broad SMARTS) is 1. The highest BCUT2D eigenvalue weighted by molar-refractivity contribution is 5.78. The van der Waals surface area contributed by atoms with Crippen molar-refractivity contribution in [2.45, 2.75) is 19.3 Å². The lowest BCUT2D eigenvalue weighted by atomic mass is 10.1. The summed E-state index contributed by atoms with van der Waals surface area (Å²) in [6, 6.07) is 13.6. The van der Waals surface area contributed by atoms with E-state index >= 15 is 0 Å². The molecule has 1 amide bonds. The second-order valence-corrected chi connectivity index (χ2v) is 5.80. The first-order valence-corrected chi connectivity index (χ1v) is 7.78. The first kappa shape index (κ1) is 15.3. The predicted molar refractivity (Wildman–Crippen MR) is 84.8 cm³/mol. The number of carboxylic acids is 1. The molecule has 1 aromatic carbocycles. The molecule has 1 unspecified atom stereocenters. The number of aryl methyl sites for hydroxylation is 1. The number of carbonyl (C=O) groups excluding carboxylic acids is 1. The number of hydrogen-bond donors (Lipinski definition) is 1. The van der Waals surface area contributed by atoms with Crippen molar-refractivity contribution in [3.05, 3.63) is 48.2 Å². The zero-order valence-electron chi connectivity index (χ0n) is 12.8. The molecule has 1 atom stereocenters. The normalized spacial score (nSPS) is 17.4. The van der Waals surface area contributed by atoms with Gasteiger partial charge >= 0.3 is 5.97 Å². The highest BCUT2D eigenvalue weighted by Crippen LogP contribution is 2.23. The molecule has 0 radical (unpaired) electrons. The minimum Gasteiger partial charge on any atom is -0.481 e. The van der Waals surface area contributed by atoms with Crippen molar-refractivity contribution in [1.29, 1.82) is 0 Å².